The molecule has 1 unspecified atom stereocenters. The lowest BCUT2D eigenvalue weighted by Crippen LogP contribution is -2.29. The molecule has 0 aliphatic rings. The second kappa shape index (κ2) is 11.2. The molecule has 4 aromatic rings. The zero-order valence-electron chi connectivity index (χ0n) is 19.1. The fraction of sp³-hybridized carbons (Fsp3) is 0.0385. The van der Waals surface area contributed by atoms with Crippen molar-refractivity contribution >= 4 is 56.2 Å². The van der Waals surface area contributed by atoms with Crippen molar-refractivity contribution in [2.75, 3.05) is 16.0 Å². The minimum Gasteiger partial charge on any atom is -0.325 e. The van der Waals surface area contributed by atoms with E-state index in [1.54, 1.807) is 41.7 Å². The molecule has 188 valence electrons. The molecular formula is C26H21N3O6S2. The molecule has 1 atom stereocenters. The van der Waals surface area contributed by atoms with E-state index in [1.807, 2.05) is 29.6 Å². The summed E-state index contributed by atoms with van der Waals surface area (Å²) in [5.41, 5.74) is 2.07. The van der Waals surface area contributed by atoms with Crippen LogP contribution in [0, 0.1) is 0 Å². The van der Waals surface area contributed by atoms with Gasteiger partial charge in [-0.25, -0.2) is 0 Å². The summed E-state index contributed by atoms with van der Waals surface area (Å²) in [6.45, 7) is 0. The van der Waals surface area contributed by atoms with E-state index < -0.39 is 33.1 Å². The van der Waals surface area contributed by atoms with Crippen molar-refractivity contribution in [2.24, 2.45) is 0 Å². The zero-order chi connectivity index (χ0) is 26.4. The van der Waals surface area contributed by atoms with Crippen LogP contribution in [0.15, 0.2) is 96.4 Å². The molecule has 0 saturated carbocycles. The quantitative estimate of drug-likeness (QED) is 0.202. The van der Waals surface area contributed by atoms with Gasteiger partial charge in [-0.1, -0.05) is 48.5 Å². The number of carbonyl (C=O) groups is 3. The highest BCUT2D eigenvalue weighted by molar-refractivity contribution is 7.86. The molecule has 3 amide bonds. The number of nitrogens with one attached hydrogen (secondary N) is 3. The van der Waals surface area contributed by atoms with Crippen LogP contribution in [-0.2, 0) is 24.5 Å². The predicted octanol–water partition coefficient (Wildman–Crippen LogP) is 4.56. The minimum absolute atomic E-state index is 0.110. The maximum absolute atomic E-state index is 12.6. The molecule has 0 aliphatic carbocycles. The van der Waals surface area contributed by atoms with E-state index in [4.69, 9.17) is 0 Å². The third kappa shape index (κ3) is 6.67. The van der Waals surface area contributed by atoms with Gasteiger partial charge in [0, 0.05) is 21.9 Å². The maximum Gasteiger partial charge on any atom is 0.314 e. The number of thiophene rings is 1. The largest absolute Gasteiger partial charge is 0.325 e. The molecule has 11 heteroatoms. The number of hydrogen-bond acceptors (Lipinski definition) is 6. The summed E-state index contributed by atoms with van der Waals surface area (Å²) >= 11 is 1.59. The summed E-state index contributed by atoms with van der Waals surface area (Å²) in [5.74, 6) is -2.70. The van der Waals surface area contributed by atoms with Crippen molar-refractivity contribution in [3.8, 4) is 10.4 Å². The van der Waals surface area contributed by atoms with Crippen LogP contribution in [-0.4, -0.2) is 30.7 Å². The Kier molecular flexibility index (Phi) is 7.77. The van der Waals surface area contributed by atoms with Crippen LogP contribution in [0.25, 0.3) is 10.4 Å². The maximum atomic E-state index is 12.6. The Morgan fingerprint density at radius 3 is 1.68 bits per heavy atom. The van der Waals surface area contributed by atoms with Crippen molar-refractivity contribution in [2.45, 2.75) is 5.25 Å². The van der Waals surface area contributed by atoms with Crippen LogP contribution in [0.3, 0.4) is 0 Å². The number of rotatable bonds is 7. The van der Waals surface area contributed by atoms with Crippen LogP contribution in [0.2, 0.25) is 0 Å². The van der Waals surface area contributed by atoms with Crippen LogP contribution in [0.1, 0.15) is 10.8 Å². The molecule has 37 heavy (non-hydrogen) atoms. The summed E-state index contributed by atoms with van der Waals surface area (Å²) in [6, 6.07) is 24.3. The molecule has 0 aliphatic heterocycles. The lowest BCUT2D eigenvalue weighted by Gasteiger charge is -2.15. The third-order valence-corrected chi connectivity index (χ3v) is 7.20. The summed E-state index contributed by atoms with van der Waals surface area (Å²) in [7, 11) is -4.72. The summed E-state index contributed by atoms with van der Waals surface area (Å²) in [6.07, 6.45) is 0. The summed E-state index contributed by atoms with van der Waals surface area (Å²) in [4.78, 5) is 38.3. The molecule has 1 aromatic heterocycles. The molecule has 0 spiro atoms. The summed E-state index contributed by atoms with van der Waals surface area (Å²) < 4.78 is 33.2. The molecule has 4 N–H and O–H groups in total. The van der Waals surface area contributed by atoms with E-state index in [0.717, 1.165) is 10.4 Å². The smallest absolute Gasteiger partial charge is 0.314 e. The molecule has 0 saturated heterocycles. The van der Waals surface area contributed by atoms with Gasteiger partial charge in [-0.15, -0.1) is 11.3 Å². The fourth-order valence-electron chi connectivity index (χ4n) is 3.47. The monoisotopic (exact) mass is 535 g/mol. The molecule has 0 radical (unpaired) electrons. The SMILES string of the molecule is O=C(Nc1ccc(NC(=O)C(c2ccccc2)S(=O)(=O)O)cc1)C(=O)Nc1ccc(-c2cccs2)cc1. The second-order valence-corrected chi connectivity index (χ2v) is 10.3. The first-order chi connectivity index (χ1) is 17.7. The Labute approximate surface area is 216 Å². The Balaban J connectivity index is 1.35. The highest BCUT2D eigenvalue weighted by Crippen LogP contribution is 2.26. The molecule has 3 aromatic carbocycles. The van der Waals surface area contributed by atoms with Crippen LogP contribution < -0.4 is 16.0 Å². The van der Waals surface area contributed by atoms with E-state index >= 15 is 0 Å². The summed E-state index contributed by atoms with van der Waals surface area (Å²) in [5, 5.41) is 7.57. The minimum atomic E-state index is -4.72. The van der Waals surface area contributed by atoms with Gasteiger partial charge in [0.2, 0.25) is 5.91 Å². The van der Waals surface area contributed by atoms with Gasteiger partial charge in [0.05, 0.1) is 0 Å². The van der Waals surface area contributed by atoms with Gasteiger partial charge < -0.3 is 16.0 Å². The van der Waals surface area contributed by atoms with Gasteiger partial charge in [-0.05, 0) is 59.0 Å². The normalized spacial score (nSPS) is 11.8. The van der Waals surface area contributed by atoms with E-state index in [2.05, 4.69) is 16.0 Å². The van der Waals surface area contributed by atoms with Crippen LogP contribution >= 0.6 is 11.3 Å². The van der Waals surface area contributed by atoms with Crippen molar-refractivity contribution in [1.29, 1.82) is 0 Å². The molecule has 1 heterocycles. The van der Waals surface area contributed by atoms with E-state index in [1.165, 1.54) is 36.4 Å². The third-order valence-electron chi connectivity index (χ3n) is 5.20. The fourth-order valence-corrected chi connectivity index (χ4v) is 5.03. The van der Waals surface area contributed by atoms with Crippen molar-refractivity contribution in [3.05, 3.63) is 102 Å². The Hall–Kier alpha value is -4.32. The highest BCUT2D eigenvalue weighted by atomic mass is 32.2. The number of hydrogen-bond donors (Lipinski definition) is 4. The first kappa shape index (κ1) is 25.8. The predicted molar refractivity (Wildman–Crippen MR) is 143 cm³/mol. The van der Waals surface area contributed by atoms with E-state index in [9.17, 15) is 27.4 Å². The van der Waals surface area contributed by atoms with Crippen LogP contribution in [0.4, 0.5) is 17.1 Å². The van der Waals surface area contributed by atoms with E-state index in [-0.39, 0.29) is 16.9 Å². The first-order valence-electron chi connectivity index (χ1n) is 10.9. The van der Waals surface area contributed by atoms with Crippen LogP contribution in [0.5, 0.6) is 0 Å². The molecular weight excluding hydrogens is 514 g/mol. The number of benzene rings is 3. The van der Waals surface area contributed by atoms with Gasteiger partial charge in [-0.2, -0.15) is 8.42 Å². The standard InChI is InChI=1S/C26H21N3O6S2/c30-24(23(37(33,34)35)18-5-2-1-3-6-18)27-20-12-14-21(15-13-20)29-26(32)25(31)28-19-10-8-17(9-11-19)22-7-4-16-36-22/h1-16,23H,(H,27,30)(H,28,31)(H,29,32)(H,33,34,35). The average molecular weight is 536 g/mol. The van der Waals surface area contributed by atoms with Gasteiger partial charge in [0.1, 0.15) is 0 Å². The molecule has 0 bridgehead atoms. The Morgan fingerprint density at radius 2 is 1.19 bits per heavy atom. The highest BCUT2D eigenvalue weighted by Gasteiger charge is 2.32. The second-order valence-electron chi connectivity index (χ2n) is 7.84. The molecule has 0 fully saturated rings. The molecule has 9 nitrogen and oxygen atoms in total. The number of amides is 3. The van der Waals surface area contributed by atoms with Gasteiger partial charge in [-0.3, -0.25) is 18.9 Å². The van der Waals surface area contributed by atoms with Gasteiger partial charge in [0.15, 0.2) is 5.25 Å². The van der Waals surface area contributed by atoms with Gasteiger partial charge in [0.25, 0.3) is 10.1 Å². The first-order valence-corrected chi connectivity index (χ1v) is 13.3. The van der Waals surface area contributed by atoms with Crippen molar-refractivity contribution in [3.63, 3.8) is 0 Å². The molecule has 4 rings (SSSR count). The van der Waals surface area contributed by atoms with E-state index in [0.29, 0.717) is 5.69 Å². The van der Waals surface area contributed by atoms with Crippen molar-refractivity contribution in [1.82, 2.24) is 0 Å². The van der Waals surface area contributed by atoms with Gasteiger partial charge >= 0.3 is 11.8 Å². The Bertz CT molecular complexity index is 1500. The number of anilines is 3. The zero-order valence-corrected chi connectivity index (χ0v) is 20.8. The average Bonchev–Trinajstić information content (AvgIpc) is 3.40. The topological polar surface area (TPSA) is 142 Å². The lowest BCUT2D eigenvalue weighted by molar-refractivity contribution is -0.132. The van der Waals surface area contributed by atoms with Crippen molar-refractivity contribution < 1.29 is 27.4 Å². The lowest BCUT2D eigenvalue weighted by atomic mass is 10.1. The Morgan fingerprint density at radius 1 is 0.676 bits per heavy atom. The number of carbonyl (C=O) groups excluding carboxylic acids is 3.